The predicted molar refractivity (Wildman–Crippen MR) is 145 cm³/mol. The summed E-state index contributed by atoms with van der Waals surface area (Å²) in [7, 11) is 1.60. The average Bonchev–Trinajstić information content (AvgIpc) is 2.96. The maximum absolute atomic E-state index is 13.2. The van der Waals surface area contributed by atoms with E-state index in [0.717, 1.165) is 44.0 Å². The van der Waals surface area contributed by atoms with Crippen LogP contribution in [0, 0.1) is 11.8 Å². The maximum atomic E-state index is 13.2. The number of nitrogens with zero attached hydrogens (tertiary/aromatic N) is 3. The number of carbonyl (C=O) groups is 3. The van der Waals surface area contributed by atoms with Crippen LogP contribution in [0.5, 0.6) is 5.75 Å². The molecule has 3 atom stereocenters. The molecule has 0 aromatic heterocycles. The lowest BCUT2D eigenvalue weighted by Crippen LogP contribution is -2.61. The van der Waals surface area contributed by atoms with Gasteiger partial charge in [-0.3, -0.25) is 19.4 Å². The van der Waals surface area contributed by atoms with Crippen LogP contribution in [0.25, 0.3) is 0 Å². The Balaban J connectivity index is 1.05. The van der Waals surface area contributed by atoms with Crippen LogP contribution in [-0.4, -0.2) is 80.1 Å². The summed E-state index contributed by atoms with van der Waals surface area (Å²) in [5.41, 5.74) is 2.12. The van der Waals surface area contributed by atoms with E-state index in [1.165, 1.54) is 10.6 Å². The number of ether oxygens (including phenoxy) is 1. The Bertz CT molecular complexity index is 1120. The Morgan fingerprint density at radius 1 is 1.00 bits per heavy atom. The average molecular weight is 520 g/mol. The van der Waals surface area contributed by atoms with E-state index in [4.69, 9.17) is 4.74 Å². The molecule has 2 heterocycles. The van der Waals surface area contributed by atoms with Crippen LogP contribution in [0.3, 0.4) is 0 Å². The number of para-hydroxylation sites is 1. The highest BCUT2D eigenvalue weighted by Crippen LogP contribution is 2.33. The highest BCUT2D eigenvalue weighted by Gasteiger charge is 2.45. The lowest BCUT2D eigenvalue weighted by molar-refractivity contribution is -0.139. The van der Waals surface area contributed by atoms with Gasteiger partial charge in [0, 0.05) is 56.9 Å². The second kappa shape index (κ2) is 11.9. The van der Waals surface area contributed by atoms with Crippen molar-refractivity contribution in [3.05, 3.63) is 60.2 Å². The van der Waals surface area contributed by atoms with Gasteiger partial charge in [0.05, 0.1) is 19.6 Å². The van der Waals surface area contributed by atoms with Crippen molar-refractivity contribution in [3.63, 3.8) is 0 Å². The molecule has 1 saturated carbocycles. The van der Waals surface area contributed by atoms with Crippen LogP contribution >= 0.6 is 0 Å². The van der Waals surface area contributed by atoms with Gasteiger partial charge in [-0.1, -0.05) is 30.3 Å². The fourth-order valence-corrected chi connectivity index (χ4v) is 5.81. The van der Waals surface area contributed by atoms with Gasteiger partial charge in [-0.05, 0) is 49.1 Å². The Labute approximate surface area is 224 Å². The number of hydrogen-bond donors (Lipinski definition) is 2. The summed E-state index contributed by atoms with van der Waals surface area (Å²) in [5.74, 6) is 0.130. The number of nitrogens with one attached hydrogen (secondary N) is 2. The number of fused-ring (bicyclic) bond motifs is 1. The van der Waals surface area contributed by atoms with Crippen LogP contribution < -0.4 is 20.3 Å². The highest BCUT2D eigenvalue weighted by molar-refractivity contribution is 5.99. The van der Waals surface area contributed by atoms with E-state index >= 15 is 0 Å². The zero-order valence-electron chi connectivity index (χ0n) is 22.0. The molecular weight excluding hydrogens is 482 g/mol. The second-order valence-corrected chi connectivity index (χ2v) is 10.4. The number of anilines is 1. The number of piperazine rings is 1. The summed E-state index contributed by atoms with van der Waals surface area (Å²) >= 11 is 0. The van der Waals surface area contributed by atoms with Gasteiger partial charge in [0.15, 0.2) is 0 Å². The molecule has 5 rings (SSSR count). The Morgan fingerprint density at radius 2 is 1.74 bits per heavy atom. The van der Waals surface area contributed by atoms with Gasteiger partial charge in [-0.15, -0.1) is 0 Å². The minimum atomic E-state index is -0.386. The monoisotopic (exact) mass is 519 g/mol. The molecule has 9 heteroatoms. The summed E-state index contributed by atoms with van der Waals surface area (Å²) in [5, 5.41) is 6.10. The molecule has 0 radical (unpaired) electrons. The third-order valence-corrected chi connectivity index (χ3v) is 8.08. The SMILES string of the molecule is COc1ccc(CN2C(=O)NC3CC(C(=O)NCCN4CCN(c5ccccc5)CC4)CCC3C2=O)cc1. The van der Waals surface area contributed by atoms with E-state index < -0.39 is 0 Å². The van der Waals surface area contributed by atoms with Crippen molar-refractivity contribution in [1.29, 1.82) is 0 Å². The fourth-order valence-electron chi connectivity index (χ4n) is 5.81. The van der Waals surface area contributed by atoms with Gasteiger partial charge >= 0.3 is 6.03 Å². The molecule has 38 heavy (non-hydrogen) atoms. The molecule has 2 N–H and O–H groups in total. The summed E-state index contributed by atoms with van der Waals surface area (Å²) in [6.07, 6.45) is 1.75. The fraction of sp³-hybridized carbons (Fsp3) is 0.483. The molecule has 2 aromatic rings. The Morgan fingerprint density at radius 3 is 2.45 bits per heavy atom. The smallest absolute Gasteiger partial charge is 0.324 e. The molecule has 0 spiro atoms. The zero-order chi connectivity index (χ0) is 26.5. The van der Waals surface area contributed by atoms with E-state index in [2.05, 4.69) is 44.7 Å². The molecule has 9 nitrogen and oxygen atoms in total. The number of hydrogen-bond acceptors (Lipinski definition) is 6. The van der Waals surface area contributed by atoms with E-state index in [1.807, 2.05) is 30.3 Å². The molecule has 2 aromatic carbocycles. The molecule has 2 saturated heterocycles. The first-order chi connectivity index (χ1) is 18.5. The van der Waals surface area contributed by atoms with E-state index in [9.17, 15) is 14.4 Å². The highest BCUT2D eigenvalue weighted by atomic mass is 16.5. The molecular formula is C29H37N5O4. The van der Waals surface area contributed by atoms with Crippen molar-refractivity contribution in [1.82, 2.24) is 20.4 Å². The van der Waals surface area contributed by atoms with Crippen LogP contribution in [0.2, 0.25) is 0 Å². The van der Waals surface area contributed by atoms with Crippen molar-refractivity contribution in [3.8, 4) is 5.75 Å². The summed E-state index contributed by atoms with van der Waals surface area (Å²) in [6.45, 7) is 5.55. The van der Waals surface area contributed by atoms with Crippen molar-refractivity contribution in [2.75, 3.05) is 51.3 Å². The van der Waals surface area contributed by atoms with Crippen molar-refractivity contribution >= 4 is 23.5 Å². The van der Waals surface area contributed by atoms with Gasteiger partial charge in [0.2, 0.25) is 11.8 Å². The van der Waals surface area contributed by atoms with Gasteiger partial charge in [-0.2, -0.15) is 0 Å². The Kier molecular flexibility index (Phi) is 8.12. The first kappa shape index (κ1) is 26.0. The first-order valence-electron chi connectivity index (χ1n) is 13.6. The first-order valence-corrected chi connectivity index (χ1v) is 13.6. The van der Waals surface area contributed by atoms with Crippen molar-refractivity contribution in [2.24, 2.45) is 11.8 Å². The molecule has 3 aliphatic rings. The largest absolute Gasteiger partial charge is 0.497 e. The lowest BCUT2D eigenvalue weighted by Gasteiger charge is -2.42. The third kappa shape index (κ3) is 5.93. The van der Waals surface area contributed by atoms with Gasteiger partial charge in [0.25, 0.3) is 0 Å². The second-order valence-electron chi connectivity index (χ2n) is 10.4. The topological polar surface area (TPSA) is 94.2 Å². The van der Waals surface area contributed by atoms with Gasteiger partial charge in [0.1, 0.15) is 5.75 Å². The Hall–Kier alpha value is -3.59. The number of urea groups is 1. The molecule has 202 valence electrons. The quantitative estimate of drug-likeness (QED) is 0.557. The lowest BCUT2D eigenvalue weighted by atomic mass is 9.76. The number of imide groups is 1. The van der Waals surface area contributed by atoms with Crippen LogP contribution in [-0.2, 0) is 16.1 Å². The van der Waals surface area contributed by atoms with Gasteiger partial charge in [-0.25, -0.2) is 4.79 Å². The molecule has 3 fully saturated rings. The molecule has 3 unspecified atom stereocenters. The number of benzene rings is 2. The zero-order valence-corrected chi connectivity index (χ0v) is 22.0. The van der Waals surface area contributed by atoms with Crippen LogP contribution in [0.4, 0.5) is 10.5 Å². The minimum Gasteiger partial charge on any atom is -0.497 e. The number of rotatable bonds is 8. The van der Waals surface area contributed by atoms with E-state index in [-0.39, 0.29) is 42.3 Å². The number of carbonyl (C=O) groups excluding carboxylic acids is 3. The number of methoxy groups -OCH3 is 1. The molecule has 1 aliphatic carbocycles. The van der Waals surface area contributed by atoms with Crippen molar-refractivity contribution < 1.29 is 19.1 Å². The van der Waals surface area contributed by atoms with Gasteiger partial charge < -0.3 is 20.3 Å². The van der Waals surface area contributed by atoms with E-state index in [1.54, 1.807) is 7.11 Å². The number of amides is 4. The van der Waals surface area contributed by atoms with Crippen LogP contribution in [0.15, 0.2) is 54.6 Å². The predicted octanol–water partition coefficient (Wildman–Crippen LogP) is 2.47. The third-order valence-electron chi connectivity index (χ3n) is 8.08. The molecule has 2 aliphatic heterocycles. The minimum absolute atomic E-state index is 0.0220. The van der Waals surface area contributed by atoms with Crippen molar-refractivity contribution in [2.45, 2.75) is 31.8 Å². The normalized spacial score (nSPS) is 24.0. The van der Waals surface area contributed by atoms with Crippen LogP contribution in [0.1, 0.15) is 24.8 Å². The standard InChI is InChI=1S/C29H37N5O4/c1-38-24-10-7-21(8-11-24)20-34-28(36)25-12-9-22(19-26(25)31-29(34)37)27(35)30-13-14-32-15-17-33(18-16-32)23-5-3-2-4-6-23/h2-8,10-11,22,25-26H,9,12-20H2,1H3,(H,30,35)(H,31,37). The molecule has 4 amide bonds. The van der Waals surface area contributed by atoms with E-state index in [0.29, 0.717) is 25.8 Å². The summed E-state index contributed by atoms with van der Waals surface area (Å²) in [6, 6.07) is 17.1. The maximum Gasteiger partial charge on any atom is 0.324 e. The summed E-state index contributed by atoms with van der Waals surface area (Å²) < 4.78 is 5.18. The molecule has 0 bridgehead atoms. The summed E-state index contributed by atoms with van der Waals surface area (Å²) in [4.78, 5) is 44.9.